The van der Waals surface area contributed by atoms with Gasteiger partial charge in [0, 0.05) is 13.0 Å². The SMILES string of the molecule is CC(C)CCCCCCCCCCCCCCC(=O)NCCCN(C)C.CCOS(=O)(=O)OCC. The zero-order chi connectivity index (χ0) is 26.8. The number of rotatable bonds is 23. The van der Waals surface area contributed by atoms with E-state index >= 15 is 0 Å². The molecule has 0 heterocycles. The van der Waals surface area contributed by atoms with Gasteiger partial charge in [0.25, 0.3) is 0 Å². The molecule has 0 fully saturated rings. The molecule has 0 radical (unpaired) electrons. The van der Waals surface area contributed by atoms with E-state index in [1.54, 1.807) is 13.8 Å². The van der Waals surface area contributed by atoms with Crippen molar-refractivity contribution in [1.82, 2.24) is 10.2 Å². The summed E-state index contributed by atoms with van der Waals surface area (Å²) in [5, 5.41) is 3.02. The third-order valence-electron chi connectivity index (χ3n) is 5.56. The standard InChI is InChI=1S/C23H48N2O.C4H10O4S/c1-22(2)18-15-13-11-9-7-5-6-8-10-12-14-16-19-23(26)24-20-17-21-25(3)4;1-3-7-9(5,6)8-4-2/h22H,5-21H2,1-4H3,(H,24,26);3-4H2,1-2H3. The van der Waals surface area contributed by atoms with Gasteiger partial charge in [0.1, 0.15) is 0 Å². The van der Waals surface area contributed by atoms with Crippen molar-refractivity contribution >= 4 is 16.3 Å². The molecule has 8 heteroatoms. The van der Waals surface area contributed by atoms with Crippen LogP contribution < -0.4 is 5.32 Å². The molecule has 0 saturated heterocycles. The van der Waals surface area contributed by atoms with E-state index in [-0.39, 0.29) is 19.1 Å². The maximum atomic E-state index is 11.7. The van der Waals surface area contributed by atoms with Crippen LogP contribution in [0.4, 0.5) is 0 Å². The molecular formula is C27H58N2O5S. The van der Waals surface area contributed by atoms with Crippen molar-refractivity contribution in [3.05, 3.63) is 0 Å². The van der Waals surface area contributed by atoms with Crippen LogP contribution in [0.25, 0.3) is 0 Å². The summed E-state index contributed by atoms with van der Waals surface area (Å²) in [4.78, 5) is 13.9. The summed E-state index contributed by atoms with van der Waals surface area (Å²) < 4.78 is 29.2. The Labute approximate surface area is 218 Å². The number of amides is 1. The molecule has 0 unspecified atom stereocenters. The Balaban J connectivity index is 0. The highest BCUT2D eigenvalue weighted by molar-refractivity contribution is 7.81. The van der Waals surface area contributed by atoms with Gasteiger partial charge in [-0.1, -0.05) is 90.9 Å². The first-order chi connectivity index (χ1) is 16.6. The highest BCUT2D eigenvalue weighted by Gasteiger charge is 2.07. The third-order valence-corrected chi connectivity index (χ3v) is 6.61. The van der Waals surface area contributed by atoms with Crippen LogP contribution >= 0.6 is 0 Å². The molecule has 1 amide bonds. The minimum absolute atomic E-state index is 0.113. The molecule has 0 rings (SSSR count). The molecule has 0 aromatic heterocycles. The number of nitrogens with zero attached hydrogens (tertiary/aromatic N) is 1. The first-order valence-corrected chi connectivity index (χ1v) is 15.4. The first-order valence-electron chi connectivity index (χ1n) is 14.1. The summed E-state index contributed by atoms with van der Waals surface area (Å²) in [6.07, 6.45) is 19.4. The molecule has 0 bridgehead atoms. The van der Waals surface area contributed by atoms with Crippen LogP contribution in [0.3, 0.4) is 0 Å². The molecule has 0 saturated carbocycles. The Bertz CT molecular complexity index is 542. The normalized spacial score (nSPS) is 11.5. The van der Waals surface area contributed by atoms with Gasteiger partial charge in [-0.15, -0.1) is 0 Å². The fourth-order valence-electron chi connectivity index (χ4n) is 3.64. The smallest absolute Gasteiger partial charge is 0.356 e. The predicted octanol–water partition coefficient (Wildman–Crippen LogP) is 6.48. The molecule has 7 nitrogen and oxygen atoms in total. The molecule has 0 aliphatic rings. The Hall–Kier alpha value is -0.700. The zero-order valence-electron chi connectivity index (χ0n) is 23.9. The molecule has 0 aromatic rings. The summed E-state index contributed by atoms with van der Waals surface area (Å²) in [6, 6.07) is 0. The fourth-order valence-corrected chi connectivity index (χ4v) is 4.29. The van der Waals surface area contributed by atoms with E-state index in [9.17, 15) is 13.2 Å². The van der Waals surface area contributed by atoms with Crippen LogP contribution in [0.1, 0.15) is 124 Å². The fraction of sp³-hybridized carbons (Fsp3) is 0.963. The Morgan fingerprint density at radius 1 is 0.743 bits per heavy atom. The lowest BCUT2D eigenvalue weighted by molar-refractivity contribution is -0.121. The van der Waals surface area contributed by atoms with E-state index in [0.717, 1.165) is 31.8 Å². The summed E-state index contributed by atoms with van der Waals surface area (Å²) in [5.74, 6) is 1.11. The number of nitrogens with one attached hydrogen (secondary N) is 1. The molecule has 0 aromatic carbocycles. The van der Waals surface area contributed by atoms with Gasteiger partial charge in [-0.2, -0.15) is 8.42 Å². The number of unbranched alkanes of at least 4 members (excludes halogenated alkanes) is 11. The summed E-state index contributed by atoms with van der Waals surface area (Å²) in [5.41, 5.74) is 0. The van der Waals surface area contributed by atoms with Gasteiger partial charge < -0.3 is 10.2 Å². The van der Waals surface area contributed by atoms with E-state index in [4.69, 9.17) is 0 Å². The summed E-state index contributed by atoms with van der Waals surface area (Å²) >= 11 is 0. The number of hydrogen-bond donors (Lipinski definition) is 1. The maximum Gasteiger partial charge on any atom is 0.399 e. The molecule has 212 valence electrons. The zero-order valence-corrected chi connectivity index (χ0v) is 24.7. The van der Waals surface area contributed by atoms with Crippen molar-refractivity contribution in [3.63, 3.8) is 0 Å². The highest BCUT2D eigenvalue weighted by atomic mass is 32.3. The van der Waals surface area contributed by atoms with Gasteiger partial charge in [-0.25, -0.2) is 8.37 Å². The van der Waals surface area contributed by atoms with E-state index in [1.807, 2.05) is 0 Å². The van der Waals surface area contributed by atoms with Crippen molar-refractivity contribution in [2.45, 2.75) is 124 Å². The van der Waals surface area contributed by atoms with Crippen molar-refractivity contribution < 1.29 is 21.6 Å². The van der Waals surface area contributed by atoms with Crippen molar-refractivity contribution in [3.8, 4) is 0 Å². The lowest BCUT2D eigenvalue weighted by Crippen LogP contribution is -2.26. The summed E-state index contributed by atoms with van der Waals surface area (Å²) in [7, 11) is 0.451. The predicted molar refractivity (Wildman–Crippen MR) is 148 cm³/mol. The molecule has 0 spiro atoms. The maximum absolute atomic E-state index is 11.7. The van der Waals surface area contributed by atoms with Crippen LogP contribution in [0.2, 0.25) is 0 Å². The molecule has 0 aliphatic carbocycles. The van der Waals surface area contributed by atoms with Crippen LogP contribution in [0.5, 0.6) is 0 Å². The first kappa shape index (κ1) is 36.5. The number of hydrogen-bond acceptors (Lipinski definition) is 6. The van der Waals surface area contributed by atoms with Gasteiger partial charge in [0.15, 0.2) is 0 Å². The minimum Gasteiger partial charge on any atom is -0.356 e. The van der Waals surface area contributed by atoms with Crippen molar-refractivity contribution in [1.29, 1.82) is 0 Å². The van der Waals surface area contributed by atoms with E-state index in [2.05, 4.69) is 46.5 Å². The second-order valence-corrected chi connectivity index (χ2v) is 11.2. The minimum atomic E-state index is -3.68. The number of carbonyl (C=O) groups is 1. The van der Waals surface area contributed by atoms with Crippen LogP contribution in [-0.4, -0.2) is 59.6 Å². The van der Waals surface area contributed by atoms with E-state index < -0.39 is 10.4 Å². The van der Waals surface area contributed by atoms with E-state index in [0.29, 0.717) is 6.42 Å². The third kappa shape index (κ3) is 33.3. The van der Waals surface area contributed by atoms with Gasteiger partial charge in [0.2, 0.25) is 5.91 Å². The summed E-state index contributed by atoms with van der Waals surface area (Å²) in [6.45, 7) is 9.88. The largest absolute Gasteiger partial charge is 0.399 e. The lowest BCUT2D eigenvalue weighted by atomic mass is 10.0. The Morgan fingerprint density at radius 2 is 1.17 bits per heavy atom. The van der Waals surface area contributed by atoms with Gasteiger partial charge >= 0.3 is 10.4 Å². The number of carbonyl (C=O) groups excluding carboxylic acids is 1. The topological polar surface area (TPSA) is 84.9 Å². The van der Waals surface area contributed by atoms with Crippen LogP contribution in [0, 0.1) is 5.92 Å². The van der Waals surface area contributed by atoms with Gasteiger partial charge in [0.05, 0.1) is 13.2 Å². The molecule has 0 aliphatic heterocycles. The average molecular weight is 523 g/mol. The van der Waals surface area contributed by atoms with Gasteiger partial charge in [-0.05, 0) is 53.2 Å². The quantitative estimate of drug-likeness (QED) is 0.155. The van der Waals surface area contributed by atoms with Crippen LogP contribution in [0.15, 0.2) is 0 Å². The van der Waals surface area contributed by atoms with Gasteiger partial charge in [-0.3, -0.25) is 4.79 Å². The van der Waals surface area contributed by atoms with Crippen molar-refractivity contribution in [2.24, 2.45) is 5.92 Å². The molecule has 1 N–H and O–H groups in total. The molecular weight excluding hydrogens is 464 g/mol. The highest BCUT2D eigenvalue weighted by Crippen LogP contribution is 2.14. The Kier molecular flexibility index (Phi) is 27.5. The lowest BCUT2D eigenvalue weighted by Gasteiger charge is -2.09. The van der Waals surface area contributed by atoms with Crippen LogP contribution in [-0.2, 0) is 23.6 Å². The Morgan fingerprint density at radius 3 is 1.57 bits per heavy atom. The monoisotopic (exact) mass is 522 g/mol. The average Bonchev–Trinajstić information content (AvgIpc) is 2.77. The van der Waals surface area contributed by atoms with Crippen molar-refractivity contribution in [2.75, 3.05) is 40.4 Å². The molecule has 35 heavy (non-hydrogen) atoms. The van der Waals surface area contributed by atoms with E-state index in [1.165, 1.54) is 77.0 Å². The molecule has 0 atom stereocenters. The second-order valence-electron chi connectivity index (χ2n) is 9.90. The second kappa shape index (κ2) is 26.4.